The van der Waals surface area contributed by atoms with Crippen molar-refractivity contribution in [2.24, 2.45) is 4.99 Å². The Kier molecular flexibility index (Phi) is 9.16. The van der Waals surface area contributed by atoms with E-state index in [1.807, 2.05) is 32.0 Å². The van der Waals surface area contributed by atoms with Gasteiger partial charge in [0, 0.05) is 47.4 Å². The lowest BCUT2D eigenvalue weighted by atomic mass is 9.94. The summed E-state index contributed by atoms with van der Waals surface area (Å²) < 4.78 is 7.40. The Hall–Kier alpha value is -4.82. The second-order valence-corrected chi connectivity index (χ2v) is 12.1. The Bertz CT molecular complexity index is 2090. The van der Waals surface area contributed by atoms with E-state index in [-0.39, 0.29) is 21.7 Å². The summed E-state index contributed by atoms with van der Waals surface area (Å²) in [7, 11) is 1.53. The number of non-ortho nitro benzene ring substituents is 1. The van der Waals surface area contributed by atoms with Crippen molar-refractivity contribution in [3.05, 3.63) is 117 Å². The van der Waals surface area contributed by atoms with Gasteiger partial charge in [-0.15, -0.1) is 0 Å². The maximum absolute atomic E-state index is 14.3. The van der Waals surface area contributed by atoms with Crippen molar-refractivity contribution in [1.82, 2.24) is 19.4 Å². The van der Waals surface area contributed by atoms with Gasteiger partial charge in [-0.25, -0.2) is 9.98 Å². The van der Waals surface area contributed by atoms with Crippen LogP contribution in [-0.2, 0) is 4.79 Å². The molecule has 14 heteroatoms. The van der Waals surface area contributed by atoms with Crippen LogP contribution in [0.15, 0.2) is 84.4 Å². The lowest BCUT2D eigenvalue weighted by Crippen LogP contribution is -2.43. The minimum atomic E-state index is -0.826. The third-order valence-electron chi connectivity index (χ3n) is 7.28. The van der Waals surface area contributed by atoms with Crippen molar-refractivity contribution in [3.8, 4) is 5.75 Å². The molecule has 0 saturated carbocycles. The van der Waals surface area contributed by atoms with Crippen LogP contribution >= 0.6 is 23.1 Å². The summed E-state index contributed by atoms with van der Waals surface area (Å²) in [6, 6.07) is 12.0. The number of carbonyl (C=O) groups excluding carboxylic acids is 1. The second-order valence-electron chi connectivity index (χ2n) is 10.1. The molecule has 1 aliphatic rings. The third-order valence-corrected chi connectivity index (χ3v) is 9.24. The number of allylic oxidation sites excluding steroid dienone is 1. The Morgan fingerprint density at radius 2 is 1.91 bits per heavy atom. The summed E-state index contributed by atoms with van der Waals surface area (Å²) in [5, 5.41) is 12.0. The van der Waals surface area contributed by atoms with Gasteiger partial charge < -0.3 is 14.6 Å². The number of nitro groups is 1. The molecule has 232 valence electrons. The molecule has 2 aromatic heterocycles. The summed E-state index contributed by atoms with van der Waals surface area (Å²) in [4.78, 5) is 65.7. The predicted molar refractivity (Wildman–Crippen MR) is 172 cm³/mol. The Morgan fingerprint density at radius 1 is 1.18 bits per heavy atom. The topological polar surface area (TPSA) is 153 Å². The van der Waals surface area contributed by atoms with E-state index in [4.69, 9.17) is 9.73 Å². The number of fused-ring (bicyclic) bond motifs is 1. The molecule has 0 spiro atoms. The summed E-state index contributed by atoms with van der Waals surface area (Å²) in [5.41, 5.74) is 1.45. The molecule has 5 rings (SSSR count). The van der Waals surface area contributed by atoms with Crippen LogP contribution in [0.1, 0.15) is 43.6 Å². The highest BCUT2D eigenvalue weighted by molar-refractivity contribution is 7.99. The largest absolute Gasteiger partial charge is 0.496 e. The number of aromatic amines is 1. The smallest absolute Gasteiger partial charge is 0.271 e. The van der Waals surface area contributed by atoms with Crippen LogP contribution in [0.5, 0.6) is 5.75 Å². The number of amides is 1. The molecule has 1 N–H and O–H groups in total. The Morgan fingerprint density at radius 3 is 2.58 bits per heavy atom. The molecule has 0 bridgehead atoms. The number of likely N-dealkylation sites (N-methyl/N-ethyl adjacent to an activating group) is 1. The highest BCUT2D eigenvalue weighted by Crippen LogP contribution is 2.36. The van der Waals surface area contributed by atoms with Crippen molar-refractivity contribution in [2.75, 3.05) is 20.2 Å². The lowest BCUT2D eigenvalue weighted by Gasteiger charge is -2.29. The predicted octanol–water partition coefficient (Wildman–Crippen LogP) is 3.56. The first-order chi connectivity index (χ1) is 21.6. The molecule has 0 saturated heterocycles. The minimum Gasteiger partial charge on any atom is -0.496 e. The molecule has 0 radical (unpaired) electrons. The van der Waals surface area contributed by atoms with E-state index in [0.717, 1.165) is 23.1 Å². The number of benzene rings is 2. The van der Waals surface area contributed by atoms with Crippen molar-refractivity contribution in [1.29, 1.82) is 0 Å². The van der Waals surface area contributed by atoms with Gasteiger partial charge in [0.1, 0.15) is 11.8 Å². The molecule has 3 heterocycles. The lowest BCUT2D eigenvalue weighted by molar-refractivity contribution is -0.384. The molecule has 1 aliphatic heterocycles. The third kappa shape index (κ3) is 6.24. The summed E-state index contributed by atoms with van der Waals surface area (Å²) >= 11 is 2.23. The highest BCUT2D eigenvalue weighted by Gasteiger charge is 2.35. The van der Waals surface area contributed by atoms with Crippen LogP contribution in [-0.4, -0.2) is 50.5 Å². The fourth-order valence-electron chi connectivity index (χ4n) is 5.16. The minimum absolute atomic E-state index is 0.168. The van der Waals surface area contributed by atoms with E-state index >= 15 is 0 Å². The molecule has 45 heavy (non-hydrogen) atoms. The fraction of sp³-hybridized carbons (Fsp3) is 0.258. The average molecular weight is 647 g/mol. The maximum Gasteiger partial charge on any atom is 0.271 e. The van der Waals surface area contributed by atoms with Gasteiger partial charge >= 0.3 is 0 Å². The Labute approximate surface area is 265 Å². The Balaban J connectivity index is 1.74. The van der Waals surface area contributed by atoms with E-state index < -0.39 is 16.5 Å². The molecule has 0 unspecified atom stereocenters. The molecule has 1 amide bonds. The van der Waals surface area contributed by atoms with Crippen LogP contribution in [0.25, 0.3) is 6.08 Å². The summed E-state index contributed by atoms with van der Waals surface area (Å²) in [5.74, 6) is 0.275. The quantitative estimate of drug-likeness (QED) is 0.165. The molecule has 1 atom stereocenters. The van der Waals surface area contributed by atoms with Gasteiger partial charge in [0.2, 0.25) is 0 Å². The first-order valence-electron chi connectivity index (χ1n) is 14.0. The van der Waals surface area contributed by atoms with Crippen molar-refractivity contribution >= 4 is 40.8 Å². The number of aryl methyl sites for hydroxylation is 1. The molecule has 4 aromatic rings. The number of hydrogen-bond acceptors (Lipinski definition) is 10. The van der Waals surface area contributed by atoms with Crippen LogP contribution in [0.2, 0.25) is 0 Å². The number of methoxy groups -OCH3 is 1. The normalized spacial score (nSPS) is 14.6. The summed E-state index contributed by atoms with van der Waals surface area (Å²) in [6.45, 7) is 8.17. The number of rotatable bonds is 9. The number of nitro benzene ring substituents is 1. The highest BCUT2D eigenvalue weighted by atomic mass is 32.2. The first kappa shape index (κ1) is 31.6. The van der Waals surface area contributed by atoms with Crippen molar-refractivity contribution in [3.63, 3.8) is 0 Å². The molecule has 2 aromatic carbocycles. The van der Waals surface area contributed by atoms with Gasteiger partial charge in [-0.1, -0.05) is 41.3 Å². The standard InChI is InChI=1S/C31H30N6O6S2/c1-6-35(7-2)29(40)26-18(4)33-31-36(27(26)21-10-8-9-11-22(21)43-5)28(39)24(45-31)16-19-15-20(37(41)42)12-13-23(19)44-30-32-17(3)14-25(38)34-30/h8-16,27H,6-7H2,1-5H3,(H,32,34,38)/b24-16-/t27-/m0/s1. The SMILES string of the molecule is CCN(CC)C(=O)C1=C(C)N=c2s/c(=C\c3cc([N+](=O)[O-])ccc3Sc3nc(C)cc(=O)[nH]3)c(=O)n2[C@H]1c1ccccc1OC. The van der Waals surface area contributed by atoms with Gasteiger partial charge in [0.05, 0.1) is 27.8 Å². The first-order valence-corrected chi connectivity index (χ1v) is 15.7. The molecular weight excluding hydrogens is 617 g/mol. The number of thiazole rings is 1. The van der Waals surface area contributed by atoms with E-state index in [0.29, 0.717) is 61.8 Å². The van der Waals surface area contributed by atoms with Crippen LogP contribution in [0, 0.1) is 17.0 Å². The van der Waals surface area contributed by atoms with Gasteiger partial charge in [-0.3, -0.25) is 29.1 Å². The zero-order chi connectivity index (χ0) is 32.4. The number of carbonyl (C=O) groups is 1. The summed E-state index contributed by atoms with van der Waals surface area (Å²) in [6.07, 6.45) is 1.57. The van der Waals surface area contributed by atoms with E-state index in [2.05, 4.69) is 9.97 Å². The molecule has 12 nitrogen and oxygen atoms in total. The van der Waals surface area contributed by atoms with Gasteiger partial charge in [0.15, 0.2) is 9.96 Å². The van der Waals surface area contributed by atoms with Crippen molar-refractivity contribution in [2.45, 2.75) is 43.8 Å². The monoisotopic (exact) mass is 646 g/mol. The number of aromatic nitrogens is 3. The van der Waals surface area contributed by atoms with Crippen LogP contribution in [0.3, 0.4) is 0 Å². The second kappa shape index (κ2) is 13.0. The van der Waals surface area contributed by atoms with Gasteiger partial charge in [0.25, 0.3) is 22.7 Å². The van der Waals surface area contributed by atoms with E-state index in [1.54, 1.807) is 37.0 Å². The molecule has 0 fully saturated rings. The zero-order valence-electron chi connectivity index (χ0n) is 25.2. The number of nitrogens with one attached hydrogen (secondary N) is 1. The average Bonchev–Trinajstić information content (AvgIpc) is 3.30. The van der Waals surface area contributed by atoms with Gasteiger partial charge in [-0.2, -0.15) is 0 Å². The van der Waals surface area contributed by atoms with E-state index in [9.17, 15) is 24.5 Å². The fourth-order valence-corrected chi connectivity index (χ4v) is 7.12. The maximum atomic E-state index is 14.3. The van der Waals surface area contributed by atoms with E-state index in [1.165, 1.54) is 29.9 Å². The molecular formula is C31H30N6O6S2. The van der Waals surface area contributed by atoms with Crippen molar-refractivity contribution < 1.29 is 14.5 Å². The number of ether oxygens (including phenoxy) is 1. The number of hydrogen-bond donors (Lipinski definition) is 1. The number of H-pyrrole nitrogens is 1. The van der Waals surface area contributed by atoms with Crippen LogP contribution < -0.4 is 25.2 Å². The van der Waals surface area contributed by atoms with Crippen LogP contribution in [0.4, 0.5) is 5.69 Å². The number of nitrogens with zero attached hydrogens (tertiary/aromatic N) is 5. The number of para-hydroxylation sites is 1. The van der Waals surface area contributed by atoms with Gasteiger partial charge in [-0.05, 0) is 51.5 Å². The zero-order valence-corrected chi connectivity index (χ0v) is 26.8. The molecule has 0 aliphatic carbocycles.